The summed E-state index contributed by atoms with van der Waals surface area (Å²) in [6.07, 6.45) is -3.15. The molecule has 0 spiro atoms. The molecular formula is C21H22F3N5O2S. The number of fused-ring (bicyclic) bond motifs is 2. The van der Waals surface area contributed by atoms with E-state index in [-0.39, 0.29) is 11.5 Å². The lowest BCUT2D eigenvalue weighted by atomic mass is 10.0. The lowest BCUT2D eigenvalue weighted by molar-refractivity contribution is -0.141. The third kappa shape index (κ3) is 3.17. The van der Waals surface area contributed by atoms with Crippen molar-refractivity contribution in [3.05, 3.63) is 47.8 Å². The SMILES string of the molecule is CC1=Nc2cc(C(F)(F)F)nn2C(c2cc3ccccc3n2C)C1S(=O)(=O)N1CCCC1. The molecule has 0 radical (unpaired) electrons. The first kappa shape index (κ1) is 21.2. The Morgan fingerprint density at radius 3 is 2.44 bits per heavy atom. The van der Waals surface area contributed by atoms with Crippen LogP contribution >= 0.6 is 0 Å². The van der Waals surface area contributed by atoms with Crippen LogP contribution < -0.4 is 0 Å². The van der Waals surface area contributed by atoms with Crippen LogP contribution in [0.3, 0.4) is 0 Å². The van der Waals surface area contributed by atoms with Crippen molar-refractivity contribution in [3.63, 3.8) is 0 Å². The third-order valence-corrected chi connectivity index (χ3v) is 8.62. The van der Waals surface area contributed by atoms with Crippen molar-refractivity contribution in [2.45, 2.75) is 37.2 Å². The summed E-state index contributed by atoms with van der Waals surface area (Å²) in [4.78, 5) is 4.26. The van der Waals surface area contributed by atoms with E-state index in [1.807, 2.05) is 34.9 Å². The minimum atomic E-state index is -4.67. The number of hydrogen-bond acceptors (Lipinski definition) is 4. The zero-order valence-electron chi connectivity index (χ0n) is 17.5. The molecule has 2 aliphatic heterocycles. The van der Waals surface area contributed by atoms with E-state index in [9.17, 15) is 21.6 Å². The van der Waals surface area contributed by atoms with E-state index in [1.54, 1.807) is 14.0 Å². The fourth-order valence-electron chi connectivity index (χ4n) is 4.77. The normalized spacial score (nSPS) is 22.3. The zero-order valence-corrected chi connectivity index (χ0v) is 18.4. The molecule has 2 aliphatic rings. The van der Waals surface area contributed by atoms with Gasteiger partial charge in [-0.05, 0) is 37.3 Å². The predicted molar refractivity (Wildman–Crippen MR) is 115 cm³/mol. The number of benzene rings is 1. The summed E-state index contributed by atoms with van der Waals surface area (Å²) >= 11 is 0. The number of rotatable bonds is 3. The number of aliphatic imine (C=N–C) groups is 1. The Morgan fingerprint density at radius 2 is 1.78 bits per heavy atom. The fourth-order valence-corrected chi connectivity index (χ4v) is 6.92. The molecule has 11 heteroatoms. The number of aromatic nitrogens is 3. The molecule has 1 aromatic carbocycles. The van der Waals surface area contributed by atoms with Gasteiger partial charge in [-0.15, -0.1) is 0 Å². The van der Waals surface area contributed by atoms with Gasteiger partial charge in [-0.3, -0.25) is 0 Å². The number of para-hydroxylation sites is 1. The highest BCUT2D eigenvalue weighted by molar-refractivity contribution is 7.90. The second-order valence-electron chi connectivity index (χ2n) is 8.29. The van der Waals surface area contributed by atoms with Crippen LogP contribution in [0.25, 0.3) is 10.9 Å². The van der Waals surface area contributed by atoms with Crippen molar-refractivity contribution in [2.75, 3.05) is 13.1 Å². The molecule has 1 fully saturated rings. The summed E-state index contributed by atoms with van der Waals surface area (Å²) in [7, 11) is -2.10. The Labute approximate surface area is 183 Å². The highest BCUT2D eigenvalue weighted by Crippen LogP contribution is 2.41. The molecule has 3 aromatic rings. The van der Waals surface area contributed by atoms with Gasteiger partial charge in [-0.2, -0.15) is 18.3 Å². The molecule has 32 heavy (non-hydrogen) atoms. The molecule has 0 saturated carbocycles. The second kappa shape index (κ2) is 7.17. The van der Waals surface area contributed by atoms with Crippen LogP contribution in [-0.2, 0) is 23.2 Å². The van der Waals surface area contributed by atoms with Crippen molar-refractivity contribution in [2.24, 2.45) is 12.0 Å². The van der Waals surface area contributed by atoms with E-state index in [1.165, 1.54) is 4.31 Å². The van der Waals surface area contributed by atoms with Crippen LogP contribution in [0.2, 0.25) is 0 Å². The van der Waals surface area contributed by atoms with Crippen LogP contribution in [0.1, 0.15) is 37.2 Å². The zero-order chi connectivity index (χ0) is 22.8. The molecule has 2 aromatic heterocycles. The maximum atomic E-state index is 13.7. The molecule has 0 bridgehead atoms. The van der Waals surface area contributed by atoms with Crippen molar-refractivity contribution in [1.29, 1.82) is 0 Å². The average Bonchev–Trinajstić information content (AvgIpc) is 3.45. The van der Waals surface area contributed by atoms with Crippen LogP contribution in [0.15, 0.2) is 41.4 Å². The summed E-state index contributed by atoms with van der Waals surface area (Å²) in [5.41, 5.74) is 0.580. The van der Waals surface area contributed by atoms with Gasteiger partial charge < -0.3 is 4.57 Å². The Hall–Kier alpha value is -2.66. The molecule has 7 nitrogen and oxygen atoms in total. The maximum Gasteiger partial charge on any atom is 0.435 e. The molecule has 1 saturated heterocycles. The minimum Gasteiger partial charge on any atom is -0.346 e. The van der Waals surface area contributed by atoms with Crippen LogP contribution in [-0.4, -0.2) is 51.1 Å². The molecule has 2 unspecified atom stereocenters. The van der Waals surface area contributed by atoms with Gasteiger partial charge in [0.1, 0.15) is 11.3 Å². The van der Waals surface area contributed by atoms with E-state index in [4.69, 9.17) is 0 Å². The monoisotopic (exact) mass is 465 g/mol. The second-order valence-corrected chi connectivity index (χ2v) is 10.3. The van der Waals surface area contributed by atoms with Gasteiger partial charge >= 0.3 is 6.18 Å². The summed E-state index contributed by atoms with van der Waals surface area (Å²) in [5.74, 6) is -0.00190. The fraction of sp³-hybridized carbons (Fsp3) is 0.429. The summed E-state index contributed by atoms with van der Waals surface area (Å²) < 4.78 is 72.2. The van der Waals surface area contributed by atoms with Gasteiger partial charge in [-0.25, -0.2) is 22.4 Å². The smallest absolute Gasteiger partial charge is 0.346 e. The minimum absolute atomic E-state index is 0.00190. The average molecular weight is 466 g/mol. The first-order valence-corrected chi connectivity index (χ1v) is 11.8. The summed E-state index contributed by atoms with van der Waals surface area (Å²) in [6, 6.07) is 9.21. The van der Waals surface area contributed by atoms with E-state index in [0.29, 0.717) is 18.8 Å². The number of aryl methyl sites for hydroxylation is 1. The van der Waals surface area contributed by atoms with Crippen molar-refractivity contribution < 1.29 is 21.6 Å². The Kier molecular flexibility index (Phi) is 4.75. The molecule has 170 valence electrons. The van der Waals surface area contributed by atoms with Crippen molar-refractivity contribution in [3.8, 4) is 0 Å². The van der Waals surface area contributed by atoms with Gasteiger partial charge in [0.05, 0.1) is 0 Å². The number of alkyl halides is 3. The number of halogens is 3. The van der Waals surface area contributed by atoms with Crippen LogP contribution in [0.4, 0.5) is 19.0 Å². The number of nitrogens with zero attached hydrogens (tertiary/aromatic N) is 5. The Balaban J connectivity index is 1.76. The van der Waals surface area contributed by atoms with E-state index in [2.05, 4.69) is 10.1 Å². The third-order valence-electron chi connectivity index (χ3n) is 6.30. The van der Waals surface area contributed by atoms with Crippen LogP contribution in [0.5, 0.6) is 0 Å². The largest absolute Gasteiger partial charge is 0.435 e. The number of hydrogen-bond donors (Lipinski definition) is 0. The highest BCUT2D eigenvalue weighted by atomic mass is 32.2. The summed E-state index contributed by atoms with van der Waals surface area (Å²) in [6.45, 7) is 2.36. The topological polar surface area (TPSA) is 72.5 Å². The molecule has 0 aliphatic carbocycles. The van der Waals surface area contributed by atoms with E-state index >= 15 is 0 Å². The predicted octanol–water partition coefficient (Wildman–Crippen LogP) is 3.88. The molecule has 4 heterocycles. The van der Waals surface area contributed by atoms with Crippen molar-refractivity contribution in [1.82, 2.24) is 18.7 Å². The van der Waals surface area contributed by atoms with Crippen LogP contribution in [0, 0.1) is 0 Å². The molecule has 0 amide bonds. The lowest BCUT2D eigenvalue weighted by Crippen LogP contribution is -2.47. The van der Waals surface area contributed by atoms with Gasteiger partial charge in [0.2, 0.25) is 10.0 Å². The molecule has 0 N–H and O–H groups in total. The van der Waals surface area contributed by atoms with E-state index < -0.39 is 33.2 Å². The van der Waals surface area contributed by atoms with Gasteiger partial charge in [0.25, 0.3) is 0 Å². The van der Waals surface area contributed by atoms with Gasteiger partial charge in [-0.1, -0.05) is 18.2 Å². The van der Waals surface area contributed by atoms with Crippen molar-refractivity contribution >= 4 is 32.5 Å². The summed E-state index contributed by atoms with van der Waals surface area (Å²) in [5, 5.41) is 3.52. The Bertz CT molecular complexity index is 1330. The lowest BCUT2D eigenvalue weighted by Gasteiger charge is -2.34. The Morgan fingerprint density at radius 1 is 1.09 bits per heavy atom. The first-order valence-electron chi connectivity index (χ1n) is 10.3. The molecule has 2 atom stereocenters. The first-order chi connectivity index (χ1) is 15.1. The van der Waals surface area contributed by atoms with Gasteiger partial charge in [0, 0.05) is 43.1 Å². The van der Waals surface area contributed by atoms with E-state index in [0.717, 1.165) is 34.5 Å². The highest BCUT2D eigenvalue weighted by Gasteiger charge is 2.48. The van der Waals surface area contributed by atoms with Gasteiger partial charge in [0.15, 0.2) is 11.5 Å². The number of sulfonamides is 1. The molecule has 5 rings (SSSR count). The molecular weight excluding hydrogens is 443 g/mol. The standard InChI is InChI=1S/C21H22F3N5O2S/c1-13-20(32(30,31)28-9-5-6-10-28)19(16-11-14-7-3-4-8-15(14)27(16)2)29-18(25-13)12-17(26-29)21(22,23)24/h3-4,7-8,11-12,19-20H,5-6,9-10H2,1-2H3. The quantitative estimate of drug-likeness (QED) is 0.589. The maximum absolute atomic E-state index is 13.7.